The number of nitrogens with one attached hydrogen (secondary N) is 1. The average Bonchev–Trinajstić information content (AvgIpc) is 2.32. The molecule has 2 nitrogen and oxygen atoms in total. The van der Waals surface area contributed by atoms with Gasteiger partial charge in [0.15, 0.2) is 0 Å². The molecule has 0 spiro atoms. The van der Waals surface area contributed by atoms with E-state index < -0.39 is 0 Å². The minimum Gasteiger partial charge on any atom is -0.381 e. The summed E-state index contributed by atoms with van der Waals surface area (Å²) in [6, 6.07) is 6.84. The van der Waals surface area contributed by atoms with Gasteiger partial charge in [0.05, 0.1) is 0 Å². The normalized spacial score (nSPS) is 17.6. The highest BCUT2D eigenvalue weighted by molar-refractivity contribution is 6.31. The van der Waals surface area contributed by atoms with Crippen molar-refractivity contribution in [1.29, 1.82) is 0 Å². The van der Waals surface area contributed by atoms with Gasteiger partial charge in [-0.1, -0.05) is 23.7 Å². The van der Waals surface area contributed by atoms with E-state index in [0.717, 1.165) is 43.2 Å². The molecule has 2 rings (SSSR count). The smallest absolute Gasteiger partial charge is 0.0480 e. The van der Waals surface area contributed by atoms with Crippen LogP contribution in [0.5, 0.6) is 0 Å². The fourth-order valence-corrected chi connectivity index (χ4v) is 2.11. The summed E-state index contributed by atoms with van der Waals surface area (Å²) in [5.74, 6) is 0. The highest BCUT2D eigenvalue weighted by Gasteiger charge is 2.12. The molecule has 0 saturated carbocycles. The molecule has 1 saturated heterocycles. The van der Waals surface area contributed by atoms with Gasteiger partial charge in [0.25, 0.3) is 0 Å². The van der Waals surface area contributed by atoms with E-state index in [2.05, 4.69) is 17.4 Å². The van der Waals surface area contributed by atoms with E-state index in [9.17, 15) is 0 Å². The Kier molecular flexibility index (Phi) is 4.22. The molecule has 0 atom stereocenters. The number of halogens is 1. The van der Waals surface area contributed by atoms with Gasteiger partial charge in [-0.3, -0.25) is 0 Å². The molecule has 1 aromatic rings. The first-order chi connectivity index (χ1) is 7.75. The summed E-state index contributed by atoms with van der Waals surface area (Å²) in [5.41, 5.74) is 2.39. The third-order valence-corrected chi connectivity index (χ3v) is 3.46. The molecule has 88 valence electrons. The van der Waals surface area contributed by atoms with Crippen LogP contribution in [0.2, 0.25) is 5.02 Å². The van der Waals surface area contributed by atoms with Crippen LogP contribution in [0.4, 0.5) is 0 Å². The Morgan fingerprint density at radius 2 is 2.12 bits per heavy atom. The number of benzene rings is 1. The van der Waals surface area contributed by atoms with Crippen LogP contribution in [0.3, 0.4) is 0 Å². The van der Waals surface area contributed by atoms with Gasteiger partial charge in [-0.05, 0) is 37.0 Å². The lowest BCUT2D eigenvalue weighted by Gasteiger charge is -2.23. The zero-order chi connectivity index (χ0) is 11.4. The Balaban J connectivity index is 1.86. The Hall–Kier alpha value is -0.570. The summed E-state index contributed by atoms with van der Waals surface area (Å²) in [6.45, 7) is 4.68. The largest absolute Gasteiger partial charge is 0.381 e. The Bertz CT molecular complexity index is 348. The molecule has 0 amide bonds. The molecule has 0 unspecified atom stereocenters. The molecule has 3 heteroatoms. The minimum absolute atomic E-state index is 0.592. The maximum Gasteiger partial charge on any atom is 0.0480 e. The number of rotatable bonds is 3. The Morgan fingerprint density at radius 3 is 2.81 bits per heavy atom. The second kappa shape index (κ2) is 5.67. The molecule has 1 aliphatic rings. The maximum absolute atomic E-state index is 6.09. The van der Waals surface area contributed by atoms with E-state index in [1.807, 2.05) is 13.0 Å². The van der Waals surface area contributed by atoms with Crippen molar-refractivity contribution in [2.45, 2.75) is 32.4 Å². The summed E-state index contributed by atoms with van der Waals surface area (Å²) in [5, 5.41) is 4.40. The second-order valence-corrected chi connectivity index (χ2v) is 4.76. The van der Waals surface area contributed by atoms with Gasteiger partial charge >= 0.3 is 0 Å². The third-order valence-electron chi connectivity index (χ3n) is 3.05. The van der Waals surface area contributed by atoms with Crippen LogP contribution in [0.1, 0.15) is 24.0 Å². The molecule has 0 radical (unpaired) electrons. The lowest BCUT2D eigenvalue weighted by atomic mass is 10.1. The molecule has 16 heavy (non-hydrogen) atoms. The molecular weight excluding hydrogens is 222 g/mol. The van der Waals surface area contributed by atoms with Crippen molar-refractivity contribution in [3.63, 3.8) is 0 Å². The molecule has 1 N–H and O–H groups in total. The third kappa shape index (κ3) is 3.21. The van der Waals surface area contributed by atoms with E-state index in [0.29, 0.717) is 6.04 Å². The van der Waals surface area contributed by atoms with Crippen molar-refractivity contribution < 1.29 is 4.74 Å². The quantitative estimate of drug-likeness (QED) is 0.876. The van der Waals surface area contributed by atoms with Crippen LogP contribution in [0.15, 0.2) is 18.2 Å². The summed E-state index contributed by atoms with van der Waals surface area (Å²) in [6.07, 6.45) is 2.22. The van der Waals surface area contributed by atoms with Gasteiger partial charge in [-0.2, -0.15) is 0 Å². The Labute approximate surface area is 102 Å². The van der Waals surface area contributed by atoms with Gasteiger partial charge in [-0.25, -0.2) is 0 Å². The van der Waals surface area contributed by atoms with E-state index in [1.165, 1.54) is 5.56 Å². The van der Waals surface area contributed by atoms with E-state index in [1.54, 1.807) is 0 Å². The van der Waals surface area contributed by atoms with Crippen molar-refractivity contribution in [3.8, 4) is 0 Å². The van der Waals surface area contributed by atoms with Crippen LogP contribution < -0.4 is 5.32 Å². The van der Waals surface area contributed by atoms with Gasteiger partial charge in [0.1, 0.15) is 0 Å². The fourth-order valence-electron chi connectivity index (χ4n) is 1.91. The molecule has 1 aliphatic heterocycles. The first kappa shape index (κ1) is 11.9. The van der Waals surface area contributed by atoms with E-state index in [4.69, 9.17) is 16.3 Å². The number of hydrogen-bond acceptors (Lipinski definition) is 2. The fraction of sp³-hybridized carbons (Fsp3) is 0.538. The average molecular weight is 240 g/mol. The molecule has 1 heterocycles. The summed E-state index contributed by atoms with van der Waals surface area (Å²) in [4.78, 5) is 0. The van der Waals surface area contributed by atoms with Crippen molar-refractivity contribution >= 4 is 11.6 Å². The topological polar surface area (TPSA) is 21.3 Å². The molecule has 1 fully saturated rings. The van der Waals surface area contributed by atoms with Crippen molar-refractivity contribution in [2.24, 2.45) is 0 Å². The van der Waals surface area contributed by atoms with Crippen LogP contribution in [0, 0.1) is 6.92 Å². The lowest BCUT2D eigenvalue weighted by molar-refractivity contribution is 0.0776. The molecule has 0 aliphatic carbocycles. The summed E-state index contributed by atoms with van der Waals surface area (Å²) >= 11 is 6.09. The molecule has 0 bridgehead atoms. The predicted octanol–water partition coefficient (Wildman–Crippen LogP) is 2.92. The highest BCUT2D eigenvalue weighted by Crippen LogP contribution is 2.17. The Morgan fingerprint density at radius 1 is 1.38 bits per heavy atom. The van der Waals surface area contributed by atoms with Crippen LogP contribution in [0.25, 0.3) is 0 Å². The summed E-state index contributed by atoms with van der Waals surface area (Å²) in [7, 11) is 0. The second-order valence-electron chi connectivity index (χ2n) is 4.35. The first-order valence-electron chi connectivity index (χ1n) is 5.82. The van der Waals surface area contributed by atoms with Gasteiger partial charge < -0.3 is 10.1 Å². The van der Waals surface area contributed by atoms with Gasteiger partial charge in [0, 0.05) is 30.8 Å². The van der Waals surface area contributed by atoms with Crippen molar-refractivity contribution in [3.05, 3.63) is 34.3 Å². The first-order valence-corrected chi connectivity index (χ1v) is 6.19. The lowest BCUT2D eigenvalue weighted by Crippen LogP contribution is -2.34. The maximum atomic E-state index is 6.09. The summed E-state index contributed by atoms with van der Waals surface area (Å²) < 4.78 is 5.33. The van der Waals surface area contributed by atoms with E-state index in [-0.39, 0.29) is 0 Å². The number of ether oxygens (including phenoxy) is 1. The number of hydrogen-bond donors (Lipinski definition) is 1. The van der Waals surface area contributed by atoms with Crippen molar-refractivity contribution in [2.75, 3.05) is 13.2 Å². The van der Waals surface area contributed by atoms with Crippen molar-refractivity contribution in [1.82, 2.24) is 5.32 Å². The highest BCUT2D eigenvalue weighted by atomic mass is 35.5. The van der Waals surface area contributed by atoms with Gasteiger partial charge in [0.2, 0.25) is 0 Å². The predicted molar refractivity (Wildman–Crippen MR) is 66.9 cm³/mol. The monoisotopic (exact) mass is 239 g/mol. The molecule has 1 aromatic carbocycles. The van der Waals surface area contributed by atoms with Gasteiger partial charge in [-0.15, -0.1) is 0 Å². The minimum atomic E-state index is 0.592. The molecule has 0 aromatic heterocycles. The number of aryl methyl sites for hydroxylation is 1. The molecular formula is C13H18ClNO. The SMILES string of the molecule is Cc1ccc(CNC2CCOCC2)cc1Cl. The standard InChI is InChI=1S/C13H18ClNO/c1-10-2-3-11(8-13(10)14)9-15-12-4-6-16-7-5-12/h2-3,8,12,15H,4-7,9H2,1H3. The van der Waals surface area contributed by atoms with Crippen LogP contribution in [-0.2, 0) is 11.3 Å². The van der Waals surface area contributed by atoms with Crippen LogP contribution in [-0.4, -0.2) is 19.3 Å². The zero-order valence-corrected chi connectivity index (χ0v) is 10.4. The van der Waals surface area contributed by atoms with Crippen LogP contribution >= 0.6 is 11.6 Å². The zero-order valence-electron chi connectivity index (χ0n) is 9.63. The van der Waals surface area contributed by atoms with E-state index >= 15 is 0 Å².